The van der Waals surface area contributed by atoms with Gasteiger partial charge in [-0.05, 0) is 48.9 Å². The molecule has 0 saturated heterocycles. The molecule has 0 atom stereocenters. The van der Waals surface area contributed by atoms with Gasteiger partial charge in [0.05, 0.1) is 0 Å². The van der Waals surface area contributed by atoms with E-state index < -0.39 is 5.82 Å². The SMILES string of the molecule is CC(=O)Nc1cccc(NC(=O)c2ccc(F)cc2)c1C. The van der Waals surface area contributed by atoms with Crippen molar-refractivity contribution in [3.63, 3.8) is 0 Å². The highest BCUT2D eigenvalue weighted by Crippen LogP contribution is 2.23. The van der Waals surface area contributed by atoms with Crippen molar-refractivity contribution in [3.8, 4) is 0 Å². The number of benzene rings is 2. The molecule has 21 heavy (non-hydrogen) atoms. The van der Waals surface area contributed by atoms with E-state index in [2.05, 4.69) is 10.6 Å². The molecule has 2 aromatic carbocycles. The van der Waals surface area contributed by atoms with Crippen molar-refractivity contribution in [1.82, 2.24) is 0 Å². The summed E-state index contributed by atoms with van der Waals surface area (Å²) in [5.74, 6) is -0.909. The molecule has 0 heterocycles. The molecule has 108 valence electrons. The zero-order chi connectivity index (χ0) is 15.4. The second-order valence-electron chi connectivity index (χ2n) is 4.62. The molecule has 2 aromatic rings. The summed E-state index contributed by atoms with van der Waals surface area (Å²) in [6.45, 7) is 3.22. The highest BCUT2D eigenvalue weighted by molar-refractivity contribution is 6.05. The van der Waals surface area contributed by atoms with Crippen LogP contribution in [-0.4, -0.2) is 11.8 Å². The van der Waals surface area contributed by atoms with E-state index in [1.807, 2.05) is 0 Å². The Morgan fingerprint density at radius 3 is 2.10 bits per heavy atom. The number of hydrogen-bond acceptors (Lipinski definition) is 2. The fraction of sp³-hybridized carbons (Fsp3) is 0.125. The fourth-order valence-electron chi connectivity index (χ4n) is 1.89. The van der Waals surface area contributed by atoms with Crippen LogP contribution in [-0.2, 0) is 4.79 Å². The summed E-state index contributed by atoms with van der Waals surface area (Å²) in [5.41, 5.74) is 2.35. The lowest BCUT2D eigenvalue weighted by Crippen LogP contribution is -2.14. The summed E-state index contributed by atoms with van der Waals surface area (Å²) in [4.78, 5) is 23.2. The smallest absolute Gasteiger partial charge is 0.255 e. The third kappa shape index (κ3) is 3.66. The van der Waals surface area contributed by atoms with Gasteiger partial charge in [0.25, 0.3) is 5.91 Å². The Hall–Kier alpha value is -2.69. The molecule has 2 amide bonds. The molecular weight excluding hydrogens is 271 g/mol. The number of halogens is 1. The average Bonchev–Trinajstić information content (AvgIpc) is 2.43. The molecule has 0 bridgehead atoms. The Labute approximate surface area is 122 Å². The van der Waals surface area contributed by atoms with Crippen molar-refractivity contribution in [1.29, 1.82) is 0 Å². The largest absolute Gasteiger partial charge is 0.326 e. The quantitative estimate of drug-likeness (QED) is 0.909. The Bertz CT molecular complexity index is 681. The Morgan fingerprint density at radius 1 is 0.952 bits per heavy atom. The molecule has 5 heteroatoms. The van der Waals surface area contributed by atoms with Crippen LogP contribution in [0.1, 0.15) is 22.8 Å². The summed E-state index contributed by atoms with van der Waals surface area (Å²) in [6.07, 6.45) is 0. The van der Waals surface area contributed by atoms with Crippen LogP contribution in [0.5, 0.6) is 0 Å². The molecule has 4 nitrogen and oxygen atoms in total. The highest BCUT2D eigenvalue weighted by Gasteiger charge is 2.10. The first kappa shape index (κ1) is 14.7. The van der Waals surface area contributed by atoms with Crippen molar-refractivity contribution in [3.05, 3.63) is 59.4 Å². The molecule has 2 rings (SSSR count). The number of anilines is 2. The predicted molar refractivity (Wildman–Crippen MR) is 79.8 cm³/mol. The van der Waals surface area contributed by atoms with Crippen molar-refractivity contribution in [2.45, 2.75) is 13.8 Å². The molecule has 0 unspecified atom stereocenters. The summed E-state index contributed by atoms with van der Waals surface area (Å²) >= 11 is 0. The molecule has 0 radical (unpaired) electrons. The van der Waals surface area contributed by atoms with E-state index in [0.717, 1.165) is 5.56 Å². The number of rotatable bonds is 3. The van der Waals surface area contributed by atoms with Gasteiger partial charge >= 0.3 is 0 Å². The predicted octanol–water partition coefficient (Wildman–Crippen LogP) is 3.34. The zero-order valence-electron chi connectivity index (χ0n) is 11.7. The van der Waals surface area contributed by atoms with Gasteiger partial charge in [-0.15, -0.1) is 0 Å². The van der Waals surface area contributed by atoms with E-state index in [-0.39, 0.29) is 11.8 Å². The first-order valence-electron chi connectivity index (χ1n) is 6.41. The van der Waals surface area contributed by atoms with Crippen molar-refractivity contribution >= 4 is 23.2 Å². The van der Waals surface area contributed by atoms with E-state index in [9.17, 15) is 14.0 Å². The number of hydrogen-bond donors (Lipinski definition) is 2. The van der Waals surface area contributed by atoms with Crippen molar-refractivity contribution < 1.29 is 14.0 Å². The summed E-state index contributed by atoms with van der Waals surface area (Å²) in [7, 11) is 0. The fourth-order valence-corrected chi connectivity index (χ4v) is 1.89. The van der Waals surface area contributed by atoms with Crippen LogP contribution in [0.15, 0.2) is 42.5 Å². The topological polar surface area (TPSA) is 58.2 Å². The Balaban J connectivity index is 2.21. The van der Waals surface area contributed by atoms with Crippen molar-refractivity contribution in [2.24, 2.45) is 0 Å². The molecule has 0 aliphatic heterocycles. The number of carbonyl (C=O) groups is 2. The molecule has 0 aromatic heterocycles. The molecule has 2 N–H and O–H groups in total. The van der Waals surface area contributed by atoms with Gasteiger partial charge in [-0.3, -0.25) is 9.59 Å². The van der Waals surface area contributed by atoms with E-state index >= 15 is 0 Å². The first-order chi connectivity index (χ1) is 9.97. The molecule has 0 spiro atoms. The van der Waals surface area contributed by atoms with Crippen LogP contribution in [0.25, 0.3) is 0 Å². The third-order valence-electron chi connectivity index (χ3n) is 3.00. The molecular formula is C16H15FN2O2. The maximum atomic E-state index is 12.8. The van der Waals surface area contributed by atoms with Crippen LogP contribution in [0, 0.1) is 12.7 Å². The van der Waals surface area contributed by atoms with Gasteiger partial charge in [0.15, 0.2) is 0 Å². The highest BCUT2D eigenvalue weighted by atomic mass is 19.1. The molecule has 0 fully saturated rings. The summed E-state index contributed by atoms with van der Waals surface area (Å²) in [5, 5.41) is 5.44. The van der Waals surface area contributed by atoms with Crippen LogP contribution < -0.4 is 10.6 Å². The normalized spacial score (nSPS) is 10.0. The van der Waals surface area contributed by atoms with Gasteiger partial charge < -0.3 is 10.6 Å². The minimum Gasteiger partial charge on any atom is -0.326 e. The van der Waals surface area contributed by atoms with Gasteiger partial charge in [-0.2, -0.15) is 0 Å². The first-order valence-corrected chi connectivity index (χ1v) is 6.41. The lowest BCUT2D eigenvalue weighted by atomic mass is 10.1. The average molecular weight is 286 g/mol. The number of nitrogens with one attached hydrogen (secondary N) is 2. The van der Waals surface area contributed by atoms with Crippen molar-refractivity contribution in [2.75, 3.05) is 10.6 Å². The number of amides is 2. The maximum Gasteiger partial charge on any atom is 0.255 e. The monoisotopic (exact) mass is 286 g/mol. The van der Waals surface area contributed by atoms with Gasteiger partial charge in [0.2, 0.25) is 5.91 Å². The van der Waals surface area contributed by atoms with Gasteiger partial charge in [0, 0.05) is 23.9 Å². The molecule has 0 aliphatic carbocycles. The second kappa shape index (κ2) is 6.17. The third-order valence-corrected chi connectivity index (χ3v) is 3.00. The second-order valence-corrected chi connectivity index (χ2v) is 4.62. The lowest BCUT2D eigenvalue weighted by molar-refractivity contribution is -0.114. The zero-order valence-corrected chi connectivity index (χ0v) is 11.7. The van der Waals surface area contributed by atoms with Crippen LogP contribution >= 0.6 is 0 Å². The van der Waals surface area contributed by atoms with Crippen LogP contribution in [0.2, 0.25) is 0 Å². The maximum absolute atomic E-state index is 12.8. The van der Waals surface area contributed by atoms with E-state index in [0.29, 0.717) is 16.9 Å². The Morgan fingerprint density at radius 2 is 1.52 bits per heavy atom. The van der Waals surface area contributed by atoms with Crippen LogP contribution in [0.3, 0.4) is 0 Å². The summed E-state index contributed by atoms with van der Waals surface area (Å²) < 4.78 is 12.8. The minimum atomic E-state index is -0.393. The van der Waals surface area contributed by atoms with E-state index in [4.69, 9.17) is 0 Å². The van der Waals surface area contributed by atoms with E-state index in [1.54, 1.807) is 25.1 Å². The van der Waals surface area contributed by atoms with Gasteiger partial charge in [-0.1, -0.05) is 6.07 Å². The minimum absolute atomic E-state index is 0.180. The Kier molecular flexibility index (Phi) is 4.33. The van der Waals surface area contributed by atoms with E-state index in [1.165, 1.54) is 31.2 Å². The molecule has 0 saturated carbocycles. The molecule has 0 aliphatic rings. The van der Waals surface area contributed by atoms with Crippen LogP contribution in [0.4, 0.5) is 15.8 Å². The summed E-state index contributed by atoms with van der Waals surface area (Å²) in [6, 6.07) is 10.5. The lowest BCUT2D eigenvalue weighted by Gasteiger charge is -2.12. The van der Waals surface area contributed by atoms with Gasteiger partial charge in [-0.25, -0.2) is 4.39 Å². The standard InChI is InChI=1S/C16H15FN2O2/c1-10-14(18-11(2)20)4-3-5-15(10)19-16(21)12-6-8-13(17)9-7-12/h3-9H,1-2H3,(H,18,20)(H,19,21). The number of carbonyl (C=O) groups excluding carboxylic acids is 2. The van der Waals surface area contributed by atoms with Gasteiger partial charge in [0.1, 0.15) is 5.82 Å².